The molecular weight excluding hydrogens is 290 g/mol. The largest absolute Gasteiger partial charge is 0.385 e. The van der Waals surface area contributed by atoms with Gasteiger partial charge in [0.2, 0.25) is 0 Å². The van der Waals surface area contributed by atoms with Gasteiger partial charge in [-0.1, -0.05) is 0 Å². The van der Waals surface area contributed by atoms with Crippen LogP contribution in [0.5, 0.6) is 0 Å². The molecule has 1 aliphatic rings. The van der Waals surface area contributed by atoms with Crippen LogP contribution in [0.3, 0.4) is 0 Å². The van der Waals surface area contributed by atoms with Gasteiger partial charge in [0.25, 0.3) is 11.6 Å². The molecule has 0 aliphatic carbocycles. The lowest BCUT2D eigenvalue weighted by molar-refractivity contribution is -0.385. The Morgan fingerprint density at radius 1 is 1.52 bits per heavy atom. The summed E-state index contributed by atoms with van der Waals surface area (Å²) in [6, 6.07) is 4.53. The maximum absolute atomic E-state index is 12.2. The highest BCUT2D eigenvalue weighted by Crippen LogP contribution is 2.24. The highest BCUT2D eigenvalue weighted by Gasteiger charge is 2.22. The first-order valence-electron chi connectivity index (χ1n) is 7.00. The van der Waals surface area contributed by atoms with Crippen LogP contribution in [-0.2, 0) is 0 Å². The molecule has 1 aromatic rings. The summed E-state index contributed by atoms with van der Waals surface area (Å²) in [7, 11) is 0. The number of carbonyl (C=O) groups excluding carboxylic acids is 1. The summed E-state index contributed by atoms with van der Waals surface area (Å²) in [6.45, 7) is 3.20. The molecular formula is C14H19N3O3S. The Hall–Kier alpha value is -1.76. The topological polar surface area (TPSA) is 84.3 Å². The van der Waals surface area contributed by atoms with E-state index in [2.05, 4.69) is 10.6 Å². The van der Waals surface area contributed by atoms with Gasteiger partial charge in [-0.05, 0) is 42.9 Å². The molecule has 0 saturated carbocycles. The molecule has 2 N–H and O–H groups in total. The van der Waals surface area contributed by atoms with E-state index < -0.39 is 4.92 Å². The zero-order valence-corrected chi connectivity index (χ0v) is 12.7. The van der Waals surface area contributed by atoms with Gasteiger partial charge in [-0.2, -0.15) is 11.8 Å². The van der Waals surface area contributed by atoms with Crippen molar-refractivity contribution in [2.45, 2.75) is 13.3 Å². The van der Waals surface area contributed by atoms with Gasteiger partial charge in [0.1, 0.15) is 5.56 Å². The van der Waals surface area contributed by atoms with Crippen LogP contribution in [0.2, 0.25) is 0 Å². The van der Waals surface area contributed by atoms with Crippen molar-refractivity contribution >= 4 is 29.0 Å². The lowest BCUT2D eigenvalue weighted by Crippen LogP contribution is -2.29. The van der Waals surface area contributed by atoms with E-state index in [1.807, 2.05) is 18.7 Å². The SMILES string of the molecule is CCNc1ccc([N+](=O)[O-])c(C(=O)NCC2CCSC2)c1. The molecule has 0 spiro atoms. The van der Waals surface area contributed by atoms with Crippen LogP contribution in [0.15, 0.2) is 18.2 Å². The van der Waals surface area contributed by atoms with E-state index in [0.717, 1.165) is 17.9 Å². The third kappa shape index (κ3) is 4.10. The Morgan fingerprint density at radius 3 is 2.95 bits per heavy atom. The molecule has 1 aliphatic heterocycles. The van der Waals surface area contributed by atoms with Gasteiger partial charge in [0.05, 0.1) is 4.92 Å². The van der Waals surface area contributed by atoms with E-state index >= 15 is 0 Å². The van der Waals surface area contributed by atoms with Gasteiger partial charge in [0.15, 0.2) is 0 Å². The molecule has 6 nitrogen and oxygen atoms in total. The number of amides is 1. The Balaban J connectivity index is 2.12. The van der Waals surface area contributed by atoms with Gasteiger partial charge in [-0.25, -0.2) is 0 Å². The fraction of sp³-hybridized carbons (Fsp3) is 0.500. The molecule has 1 atom stereocenters. The lowest BCUT2D eigenvalue weighted by atomic mass is 10.1. The first kappa shape index (κ1) is 15.6. The molecule has 114 valence electrons. The van der Waals surface area contributed by atoms with E-state index in [4.69, 9.17) is 0 Å². The summed E-state index contributed by atoms with van der Waals surface area (Å²) >= 11 is 1.88. The Kier molecular flexibility index (Phi) is 5.44. The number of rotatable bonds is 6. The highest BCUT2D eigenvalue weighted by molar-refractivity contribution is 7.99. The van der Waals surface area contributed by atoms with Crippen LogP contribution in [0.25, 0.3) is 0 Å². The minimum absolute atomic E-state index is 0.115. The number of nitro benzene ring substituents is 1. The second-order valence-electron chi connectivity index (χ2n) is 4.96. The molecule has 1 amide bonds. The summed E-state index contributed by atoms with van der Waals surface area (Å²) in [5.41, 5.74) is 0.670. The van der Waals surface area contributed by atoms with Crippen molar-refractivity contribution in [1.29, 1.82) is 0 Å². The van der Waals surface area contributed by atoms with Crippen LogP contribution in [0.1, 0.15) is 23.7 Å². The predicted molar refractivity (Wildman–Crippen MR) is 85.0 cm³/mol. The van der Waals surface area contributed by atoms with E-state index in [1.54, 1.807) is 12.1 Å². The lowest BCUT2D eigenvalue weighted by Gasteiger charge is -2.11. The quantitative estimate of drug-likeness (QED) is 0.623. The van der Waals surface area contributed by atoms with Gasteiger partial charge in [-0.15, -0.1) is 0 Å². The van der Waals surface area contributed by atoms with E-state index in [9.17, 15) is 14.9 Å². The fourth-order valence-corrected chi connectivity index (χ4v) is 3.55. The number of nitro groups is 1. The van der Waals surface area contributed by atoms with Crippen molar-refractivity contribution in [2.75, 3.05) is 29.9 Å². The number of nitrogens with zero attached hydrogens (tertiary/aromatic N) is 1. The molecule has 1 aromatic carbocycles. The summed E-state index contributed by atoms with van der Waals surface area (Å²) in [4.78, 5) is 22.8. The Labute approximate surface area is 127 Å². The van der Waals surface area contributed by atoms with Crippen LogP contribution in [0.4, 0.5) is 11.4 Å². The Morgan fingerprint density at radius 2 is 2.33 bits per heavy atom. The number of nitrogens with one attached hydrogen (secondary N) is 2. The minimum Gasteiger partial charge on any atom is -0.385 e. The van der Waals surface area contributed by atoms with Crippen molar-refractivity contribution in [2.24, 2.45) is 5.92 Å². The number of anilines is 1. The van der Waals surface area contributed by atoms with Gasteiger partial charge in [0, 0.05) is 24.8 Å². The van der Waals surface area contributed by atoms with Crippen molar-refractivity contribution in [3.8, 4) is 0 Å². The average molecular weight is 309 g/mol. The van der Waals surface area contributed by atoms with E-state index in [0.29, 0.717) is 24.7 Å². The monoisotopic (exact) mass is 309 g/mol. The van der Waals surface area contributed by atoms with Crippen molar-refractivity contribution in [3.05, 3.63) is 33.9 Å². The number of hydrogen-bond acceptors (Lipinski definition) is 5. The molecule has 0 aromatic heterocycles. The molecule has 2 rings (SSSR count). The molecule has 7 heteroatoms. The number of carbonyl (C=O) groups is 1. The molecule has 1 fully saturated rings. The summed E-state index contributed by atoms with van der Waals surface area (Å²) in [5, 5.41) is 16.9. The molecule has 21 heavy (non-hydrogen) atoms. The van der Waals surface area contributed by atoms with Crippen LogP contribution >= 0.6 is 11.8 Å². The second kappa shape index (κ2) is 7.31. The third-order valence-corrected chi connectivity index (χ3v) is 4.63. The zero-order valence-electron chi connectivity index (χ0n) is 11.9. The number of benzene rings is 1. The van der Waals surface area contributed by atoms with E-state index in [1.165, 1.54) is 6.07 Å². The zero-order chi connectivity index (χ0) is 15.2. The summed E-state index contributed by atoms with van der Waals surface area (Å²) < 4.78 is 0. The number of thioether (sulfide) groups is 1. The fourth-order valence-electron chi connectivity index (χ4n) is 2.27. The second-order valence-corrected chi connectivity index (χ2v) is 6.11. The van der Waals surface area contributed by atoms with E-state index in [-0.39, 0.29) is 17.2 Å². The molecule has 1 saturated heterocycles. The normalized spacial score (nSPS) is 17.5. The molecule has 1 heterocycles. The molecule has 0 radical (unpaired) electrons. The first-order chi connectivity index (χ1) is 10.1. The standard InChI is InChI=1S/C14H19N3O3S/c1-2-15-11-3-4-13(17(19)20)12(7-11)14(18)16-8-10-5-6-21-9-10/h3-4,7,10,15H,2,5-6,8-9H2,1H3,(H,16,18). The molecule has 1 unspecified atom stereocenters. The third-order valence-electron chi connectivity index (χ3n) is 3.39. The van der Waals surface area contributed by atoms with Gasteiger partial charge < -0.3 is 10.6 Å². The highest BCUT2D eigenvalue weighted by atomic mass is 32.2. The predicted octanol–water partition coefficient (Wildman–Crippen LogP) is 2.51. The Bertz CT molecular complexity index is 530. The maximum atomic E-state index is 12.2. The van der Waals surface area contributed by atoms with Crippen LogP contribution < -0.4 is 10.6 Å². The van der Waals surface area contributed by atoms with Gasteiger partial charge >= 0.3 is 0 Å². The average Bonchev–Trinajstić information content (AvgIpc) is 2.98. The minimum atomic E-state index is -0.518. The first-order valence-corrected chi connectivity index (χ1v) is 8.15. The smallest absolute Gasteiger partial charge is 0.282 e. The summed E-state index contributed by atoms with van der Waals surface area (Å²) in [6.07, 6.45) is 1.09. The van der Waals surface area contributed by atoms with Crippen molar-refractivity contribution < 1.29 is 9.72 Å². The van der Waals surface area contributed by atoms with Crippen LogP contribution in [-0.4, -0.2) is 35.4 Å². The maximum Gasteiger partial charge on any atom is 0.282 e. The number of hydrogen-bond donors (Lipinski definition) is 2. The van der Waals surface area contributed by atoms with Gasteiger partial charge in [-0.3, -0.25) is 14.9 Å². The van der Waals surface area contributed by atoms with Crippen LogP contribution in [0, 0.1) is 16.0 Å². The van der Waals surface area contributed by atoms with Crippen molar-refractivity contribution in [1.82, 2.24) is 5.32 Å². The van der Waals surface area contributed by atoms with Crippen molar-refractivity contribution in [3.63, 3.8) is 0 Å². The molecule has 0 bridgehead atoms. The summed E-state index contributed by atoms with van der Waals surface area (Å²) in [5.74, 6) is 2.25.